The summed E-state index contributed by atoms with van der Waals surface area (Å²) in [4.78, 5) is 26.1. The fourth-order valence-electron chi connectivity index (χ4n) is 5.05. The first kappa shape index (κ1) is 26.1. The van der Waals surface area contributed by atoms with Crippen molar-refractivity contribution >= 4 is 17.6 Å². The monoisotopic (exact) mass is 529 g/mol. The molecule has 0 saturated carbocycles. The van der Waals surface area contributed by atoms with E-state index in [0.717, 1.165) is 11.1 Å². The molecular weight excluding hydrogens is 504 g/mol. The number of aromatic carboxylic acids is 1. The zero-order chi connectivity index (χ0) is 27.7. The maximum atomic E-state index is 13.6. The molecule has 39 heavy (non-hydrogen) atoms. The van der Waals surface area contributed by atoms with Crippen LogP contribution in [0, 0.1) is 17.6 Å². The van der Waals surface area contributed by atoms with E-state index in [1.54, 1.807) is 23.1 Å². The van der Waals surface area contributed by atoms with E-state index in [1.165, 1.54) is 48.5 Å². The molecule has 198 valence electrons. The van der Waals surface area contributed by atoms with Crippen LogP contribution in [0.3, 0.4) is 0 Å². The smallest absolute Gasteiger partial charge is 0.339 e. The molecule has 0 bridgehead atoms. The number of aliphatic hydroxyl groups is 1. The van der Waals surface area contributed by atoms with Crippen LogP contribution in [0.5, 0.6) is 5.75 Å². The molecule has 0 radical (unpaired) electrons. The van der Waals surface area contributed by atoms with Gasteiger partial charge in [0.2, 0.25) is 5.91 Å². The van der Waals surface area contributed by atoms with Crippen molar-refractivity contribution < 1.29 is 33.7 Å². The molecule has 1 aliphatic rings. The first-order chi connectivity index (χ1) is 18.7. The molecule has 1 saturated heterocycles. The van der Waals surface area contributed by atoms with Crippen molar-refractivity contribution in [3.63, 3.8) is 0 Å². The minimum absolute atomic E-state index is 0.142. The van der Waals surface area contributed by atoms with Crippen LogP contribution >= 0.6 is 0 Å². The summed E-state index contributed by atoms with van der Waals surface area (Å²) in [7, 11) is 0. The van der Waals surface area contributed by atoms with Gasteiger partial charge in [-0.25, -0.2) is 13.6 Å². The van der Waals surface area contributed by atoms with Crippen LogP contribution < -0.4 is 4.90 Å². The van der Waals surface area contributed by atoms with Crippen molar-refractivity contribution in [3.8, 4) is 16.9 Å². The van der Waals surface area contributed by atoms with Gasteiger partial charge < -0.3 is 20.2 Å². The zero-order valence-corrected chi connectivity index (χ0v) is 20.7. The minimum atomic E-state index is -1.22. The number of anilines is 1. The van der Waals surface area contributed by atoms with Crippen LogP contribution in [0.25, 0.3) is 11.1 Å². The van der Waals surface area contributed by atoms with Gasteiger partial charge in [0.05, 0.1) is 18.1 Å². The molecule has 8 heteroatoms. The van der Waals surface area contributed by atoms with Crippen LogP contribution in [-0.4, -0.2) is 27.2 Å². The molecule has 0 unspecified atom stereocenters. The van der Waals surface area contributed by atoms with Gasteiger partial charge in [0.15, 0.2) is 0 Å². The van der Waals surface area contributed by atoms with Gasteiger partial charge in [-0.05, 0) is 83.6 Å². The molecule has 3 atom stereocenters. The maximum absolute atomic E-state index is 13.6. The molecule has 1 amide bonds. The van der Waals surface area contributed by atoms with E-state index in [4.69, 9.17) is 5.11 Å². The second-order valence-electron chi connectivity index (χ2n) is 9.54. The predicted molar refractivity (Wildman–Crippen MR) is 141 cm³/mol. The highest BCUT2D eigenvalue weighted by Gasteiger charge is 2.48. The molecule has 5 rings (SSSR count). The summed E-state index contributed by atoms with van der Waals surface area (Å²) < 4.78 is 26.8. The van der Waals surface area contributed by atoms with E-state index < -0.39 is 29.6 Å². The lowest BCUT2D eigenvalue weighted by Crippen LogP contribution is -2.55. The summed E-state index contributed by atoms with van der Waals surface area (Å²) in [5.74, 6) is -2.95. The minimum Gasteiger partial charge on any atom is -0.507 e. The highest BCUT2D eigenvalue weighted by atomic mass is 19.1. The number of nitrogens with zero attached hydrogens (tertiary/aromatic N) is 1. The SMILES string of the molecule is O=C(O)c1ccc(-c2ccc([C@@H]3[C@@H](CC[C@H](O)c4ccc(F)cc4)C(=O)N3c3ccc(F)cc3)cc2)cc1O. The molecule has 1 heterocycles. The Labute approximate surface area is 223 Å². The van der Waals surface area contributed by atoms with Crippen LogP contribution in [0.15, 0.2) is 91.0 Å². The largest absolute Gasteiger partial charge is 0.507 e. The number of amides is 1. The van der Waals surface area contributed by atoms with E-state index in [0.29, 0.717) is 29.7 Å². The number of phenols is 1. The third kappa shape index (κ3) is 5.24. The summed E-state index contributed by atoms with van der Waals surface area (Å²) in [6.45, 7) is 0. The van der Waals surface area contributed by atoms with Crippen molar-refractivity contribution in [3.05, 3.63) is 119 Å². The zero-order valence-electron chi connectivity index (χ0n) is 20.7. The number of aliphatic hydroxyl groups excluding tert-OH is 1. The van der Waals surface area contributed by atoms with E-state index in [9.17, 15) is 28.6 Å². The van der Waals surface area contributed by atoms with Gasteiger partial charge in [-0.3, -0.25) is 4.79 Å². The normalized spacial score (nSPS) is 17.5. The fourth-order valence-corrected chi connectivity index (χ4v) is 5.05. The van der Waals surface area contributed by atoms with Gasteiger partial charge >= 0.3 is 5.97 Å². The number of carbonyl (C=O) groups is 2. The molecular formula is C31H25F2NO5. The molecule has 4 aromatic carbocycles. The maximum Gasteiger partial charge on any atom is 0.339 e. The first-order valence-corrected chi connectivity index (χ1v) is 12.4. The Hall–Kier alpha value is -4.56. The number of carboxylic acids is 1. The van der Waals surface area contributed by atoms with Gasteiger partial charge in [-0.15, -0.1) is 0 Å². The molecule has 0 aliphatic carbocycles. The highest BCUT2D eigenvalue weighted by Crippen LogP contribution is 2.46. The van der Waals surface area contributed by atoms with E-state index in [-0.39, 0.29) is 23.3 Å². The summed E-state index contributed by atoms with van der Waals surface area (Å²) in [6, 6.07) is 22.6. The van der Waals surface area contributed by atoms with E-state index >= 15 is 0 Å². The Morgan fingerprint density at radius 3 is 2.03 bits per heavy atom. The van der Waals surface area contributed by atoms with Crippen LogP contribution in [0.1, 0.15) is 46.5 Å². The molecule has 3 N–H and O–H groups in total. The summed E-state index contributed by atoms with van der Waals surface area (Å²) in [6.07, 6.45) is -0.183. The molecule has 0 spiro atoms. The number of β-lactam (4-membered cyclic amide) rings is 1. The number of carboxylic acid groups (broad SMARTS) is 1. The summed E-state index contributed by atoms with van der Waals surface area (Å²) in [5, 5.41) is 29.8. The molecule has 0 aromatic heterocycles. The number of aromatic hydroxyl groups is 1. The first-order valence-electron chi connectivity index (χ1n) is 12.4. The van der Waals surface area contributed by atoms with Crippen molar-refractivity contribution in [2.24, 2.45) is 5.92 Å². The van der Waals surface area contributed by atoms with Gasteiger partial charge in [0.25, 0.3) is 0 Å². The fraction of sp³-hybridized carbons (Fsp3) is 0.161. The number of benzene rings is 4. The summed E-state index contributed by atoms with van der Waals surface area (Å²) >= 11 is 0. The Kier molecular flexibility index (Phi) is 7.13. The Balaban J connectivity index is 1.40. The highest BCUT2D eigenvalue weighted by molar-refractivity contribution is 6.03. The molecule has 1 aliphatic heterocycles. The Morgan fingerprint density at radius 2 is 1.44 bits per heavy atom. The lowest BCUT2D eigenvalue weighted by Gasteiger charge is -2.48. The number of halogens is 2. The number of rotatable bonds is 8. The second-order valence-corrected chi connectivity index (χ2v) is 9.54. The quantitative estimate of drug-likeness (QED) is 0.234. The van der Waals surface area contributed by atoms with Crippen molar-refractivity contribution in [2.45, 2.75) is 25.0 Å². The van der Waals surface area contributed by atoms with E-state index in [2.05, 4.69) is 0 Å². The lowest BCUT2D eigenvalue weighted by atomic mass is 9.78. The third-order valence-electron chi connectivity index (χ3n) is 7.14. The number of carbonyl (C=O) groups excluding carboxylic acids is 1. The average Bonchev–Trinajstić information content (AvgIpc) is 2.93. The third-order valence-corrected chi connectivity index (χ3v) is 7.14. The molecule has 1 fully saturated rings. The van der Waals surface area contributed by atoms with Gasteiger partial charge in [0, 0.05) is 5.69 Å². The van der Waals surface area contributed by atoms with Gasteiger partial charge in [-0.2, -0.15) is 0 Å². The van der Waals surface area contributed by atoms with Gasteiger partial charge in [-0.1, -0.05) is 42.5 Å². The van der Waals surface area contributed by atoms with E-state index in [1.807, 2.05) is 24.3 Å². The Morgan fingerprint density at radius 1 is 0.846 bits per heavy atom. The second kappa shape index (κ2) is 10.7. The average molecular weight is 530 g/mol. The number of hydrogen-bond acceptors (Lipinski definition) is 4. The van der Waals surface area contributed by atoms with Crippen molar-refractivity contribution in [2.75, 3.05) is 4.90 Å². The van der Waals surface area contributed by atoms with Crippen molar-refractivity contribution in [1.82, 2.24) is 0 Å². The topological polar surface area (TPSA) is 98.1 Å². The lowest BCUT2D eigenvalue weighted by molar-refractivity contribution is -0.131. The van der Waals surface area contributed by atoms with Crippen molar-refractivity contribution in [1.29, 1.82) is 0 Å². The Bertz CT molecular complexity index is 1500. The summed E-state index contributed by atoms with van der Waals surface area (Å²) in [5.41, 5.74) is 3.13. The predicted octanol–water partition coefficient (Wildman–Crippen LogP) is 6.25. The molecule has 6 nitrogen and oxygen atoms in total. The molecule has 4 aromatic rings. The van der Waals surface area contributed by atoms with Crippen LogP contribution in [0.4, 0.5) is 14.5 Å². The number of hydrogen-bond donors (Lipinski definition) is 3. The van der Waals surface area contributed by atoms with Crippen LogP contribution in [0.2, 0.25) is 0 Å². The van der Waals surface area contributed by atoms with Gasteiger partial charge in [0.1, 0.15) is 22.9 Å². The van der Waals surface area contributed by atoms with Crippen LogP contribution in [-0.2, 0) is 4.79 Å². The standard InChI is InChI=1S/C31H25F2NO5/c32-22-8-5-19(6-9-22)27(35)16-15-26-29(34(30(26)37)24-12-10-23(33)11-13-24)20-3-1-18(2-4-20)21-7-14-25(31(38)39)28(36)17-21/h1-14,17,26-27,29,35-36H,15-16H2,(H,38,39)/t26-,27+,29-/m1/s1.